The summed E-state index contributed by atoms with van der Waals surface area (Å²) in [5.74, 6) is -1.86. The van der Waals surface area contributed by atoms with Crippen molar-refractivity contribution in [3.05, 3.63) is 0 Å². The van der Waals surface area contributed by atoms with Gasteiger partial charge >= 0.3 is 22.4 Å². The molecular formula is C5H8F3NO5S. The Hall–Kier alpha value is -0.870. The number of hydrogen-bond donors (Lipinski definition) is 1. The first-order valence-corrected chi connectivity index (χ1v) is 4.99. The molecule has 0 aromatic rings. The molecule has 0 spiro atoms. The molecule has 0 aliphatic rings. The Morgan fingerprint density at radius 3 is 2.20 bits per heavy atom. The van der Waals surface area contributed by atoms with Gasteiger partial charge in [0.05, 0.1) is 6.61 Å². The second-order valence-electron chi connectivity index (χ2n) is 2.26. The van der Waals surface area contributed by atoms with Crippen molar-refractivity contribution in [2.45, 2.75) is 19.2 Å². The van der Waals surface area contributed by atoms with Gasteiger partial charge in [-0.1, -0.05) is 0 Å². The summed E-state index contributed by atoms with van der Waals surface area (Å²) < 4.78 is 64.1. The first-order valence-electron chi connectivity index (χ1n) is 3.52. The lowest BCUT2D eigenvalue weighted by atomic mass is 10.3. The zero-order valence-corrected chi connectivity index (χ0v) is 8.26. The van der Waals surface area contributed by atoms with Gasteiger partial charge in [-0.3, -0.25) is 0 Å². The highest BCUT2D eigenvalue weighted by molar-refractivity contribution is 7.84. The molecular weight excluding hydrogens is 243 g/mol. The predicted octanol–water partition coefficient (Wildman–Crippen LogP) is -0.300. The van der Waals surface area contributed by atoms with Crippen LogP contribution in [-0.4, -0.2) is 33.3 Å². The van der Waals surface area contributed by atoms with Crippen molar-refractivity contribution in [3.63, 3.8) is 0 Å². The van der Waals surface area contributed by atoms with E-state index in [0.717, 1.165) is 0 Å². The summed E-state index contributed by atoms with van der Waals surface area (Å²) in [6.07, 6.45) is -8.44. The quantitative estimate of drug-likeness (QED) is 0.692. The van der Waals surface area contributed by atoms with Crippen molar-refractivity contribution in [2.24, 2.45) is 5.14 Å². The third kappa shape index (κ3) is 5.54. The Bertz CT molecular complexity index is 324. The van der Waals surface area contributed by atoms with E-state index < -0.39 is 28.6 Å². The lowest BCUT2D eigenvalue weighted by molar-refractivity contribution is -0.210. The van der Waals surface area contributed by atoms with Crippen LogP contribution in [0.2, 0.25) is 0 Å². The average Bonchev–Trinajstić information content (AvgIpc) is 1.97. The SMILES string of the molecule is CCOC(=O)C(OS(N)(=O)=O)C(F)(F)F. The molecule has 15 heavy (non-hydrogen) atoms. The standard InChI is InChI=1S/C5H8F3NO5S/c1-2-13-4(10)3(5(6,7)8)14-15(9,11)12/h3H,2H2,1H3,(H2,9,11,12). The van der Waals surface area contributed by atoms with E-state index in [1.807, 2.05) is 0 Å². The summed E-state index contributed by atoms with van der Waals surface area (Å²) in [6, 6.07) is 0. The summed E-state index contributed by atoms with van der Waals surface area (Å²) in [6.45, 7) is 0.904. The Labute approximate surface area is 83.4 Å². The molecule has 1 unspecified atom stereocenters. The van der Waals surface area contributed by atoms with Crippen LogP contribution in [0.25, 0.3) is 0 Å². The van der Waals surface area contributed by atoms with E-state index in [9.17, 15) is 26.4 Å². The summed E-state index contributed by atoms with van der Waals surface area (Å²) in [5, 5.41) is 4.21. The minimum absolute atomic E-state index is 0.348. The van der Waals surface area contributed by atoms with Crippen LogP contribution in [0.15, 0.2) is 0 Å². The molecule has 2 N–H and O–H groups in total. The number of ether oxygens (including phenoxy) is 1. The minimum atomic E-state index is -5.21. The van der Waals surface area contributed by atoms with Crippen LogP contribution in [0.4, 0.5) is 13.2 Å². The molecule has 0 rings (SSSR count). The van der Waals surface area contributed by atoms with Gasteiger partial charge in [0.15, 0.2) is 0 Å². The predicted molar refractivity (Wildman–Crippen MR) is 40.7 cm³/mol. The van der Waals surface area contributed by atoms with E-state index in [2.05, 4.69) is 14.1 Å². The molecule has 0 aromatic carbocycles. The second-order valence-corrected chi connectivity index (χ2v) is 3.44. The molecule has 0 radical (unpaired) electrons. The van der Waals surface area contributed by atoms with Gasteiger partial charge in [-0.15, -0.1) is 0 Å². The van der Waals surface area contributed by atoms with E-state index in [1.165, 1.54) is 6.92 Å². The monoisotopic (exact) mass is 251 g/mol. The minimum Gasteiger partial charge on any atom is -0.464 e. The maximum Gasteiger partial charge on any atom is 0.427 e. The van der Waals surface area contributed by atoms with Crippen LogP contribution >= 0.6 is 0 Å². The molecule has 10 heteroatoms. The number of hydrogen-bond acceptors (Lipinski definition) is 5. The number of alkyl halides is 3. The number of carbonyl (C=O) groups is 1. The lowest BCUT2D eigenvalue weighted by Gasteiger charge is -2.16. The summed E-state index contributed by atoms with van der Waals surface area (Å²) >= 11 is 0. The maximum absolute atomic E-state index is 12.1. The van der Waals surface area contributed by atoms with Crippen LogP contribution in [0.1, 0.15) is 6.92 Å². The fourth-order valence-corrected chi connectivity index (χ4v) is 1.04. The van der Waals surface area contributed by atoms with E-state index in [1.54, 1.807) is 0 Å². The highest BCUT2D eigenvalue weighted by atomic mass is 32.2. The van der Waals surface area contributed by atoms with Crippen molar-refractivity contribution in [1.29, 1.82) is 0 Å². The molecule has 1 atom stereocenters. The molecule has 0 saturated heterocycles. The van der Waals surface area contributed by atoms with Crippen LogP contribution < -0.4 is 5.14 Å². The number of rotatable bonds is 4. The van der Waals surface area contributed by atoms with E-state index >= 15 is 0 Å². The normalized spacial score (nSPS) is 14.7. The second kappa shape index (κ2) is 4.77. The number of carbonyl (C=O) groups excluding carboxylic acids is 1. The summed E-state index contributed by atoms with van der Waals surface area (Å²) in [4.78, 5) is 10.7. The van der Waals surface area contributed by atoms with Gasteiger partial charge in [0.25, 0.3) is 6.10 Å². The van der Waals surface area contributed by atoms with E-state index in [-0.39, 0.29) is 6.61 Å². The highest BCUT2D eigenvalue weighted by Gasteiger charge is 2.49. The smallest absolute Gasteiger partial charge is 0.427 e. The zero-order valence-electron chi connectivity index (χ0n) is 7.45. The van der Waals surface area contributed by atoms with Gasteiger partial charge in [-0.25, -0.2) is 14.1 Å². The van der Waals surface area contributed by atoms with E-state index in [4.69, 9.17) is 0 Å². The third-order valence-electron chi connectivity index (χ3n) is 1.03. The largest absolute Gasteiger partial charge is 0.464 e. The molecule has 0 heterocycles. The molecule has 0 saturated carbocycles. The fraction of sp³-hybridized carbons (Fsp3) is 0.800. The molecule has 6 nitrogen and oxygen atoms in total. The first kappa shape index (κ1) is 14.1. The van der Waals surface area contributed by atoms with Crippen molar-refractivity contribution >= 4 is 16.3 Å². The average molecular weight is 251 g/mol. The Morgan fingerprint density at radius 2 is 1.93 bits per heavy atom. The fourth-order valence-electron chi connectivity index (χ4n) is 0.580. The Morgan fingerprint density at radius 1 is 1.47 bits per heavy atom. The molecule has 0 aliphatic carbocycles. The van der Waals surface area contributed by atoms with Gasteiger partial charge in [-0.05, 0) is 6.92 Å². The summed E-state index contributed by atoms with van der Waals surface area (Å²) in [7, 11) is -4.89. The van der Waals surface area contributed by atoms with Crippen LogP contribution in [0.5, 0.6) is 0 Å². The van der Waals surface area contributed by atoms with Gasteiger partial charge in [0.2, 0.25) is 0 Å². The van der Waals surface area contributed by atoms with Gasteiger partial charge in [0.1, 0.15) is 0 Å². The Kier molecular flexibility index (Phi) is 4.49. The van der Waals surface area contributed by atoms with Gasteiger partial charge < -0.3 is 4.74 Å². The lowest BCUT2D eigenvalue weighted by Crippen LogP contribution is -2.43. The van der Waals surface area contributed by atoms with Gasteiger partial charge in [-0.2, -0.15) is 21.6 Å². The van der Waals surface area contributed by atoms with Crippen molar-refractivity contribution in [1.82, 2.24) is 0 Å². The molecule has 0 amide bonds. The van der Waals surface area contributed by atoms with Crippen molar-refractivity contribution < 1.29 is 35.3 Å². The molecule has 0 aromatic heterocycles. The zero-order chi connectivity index (χ0) is 12.3. The molecule has 90 valence electrons. The molecule has 0 aliphatic heterocycles. The number of nitrogens with two attached hydrogens (primary N) is 1. The molecule has 0 fully saturated rings. The topological polar surface area (TPSA) is 95.7 Å². The van der Waals surface area contributed by atoms with Crippen LogP contribution in [0, 0.1) is 0 Å². The van der Waals surface area contributed by atoms with Crippen molar-refractivity contribution in [3.8, 4) is 0 Å². The van der Waals surface area contributed by atoms with Crippen molar-refractivity contribution in [2.75, 3.05) is 6.61 Å². The van der Waals surface area contributed by atoms with Crippen LogP contribution in [0.3, 0.4) is 0 Å². The van der Waals surface area contributed by atoms with Crippen LogP contribution in [-0.2, 0) is 24.0 Å². The first-order chi connectivity index (χ1) is 6.58. The maximum atomic E-state index is 12.1. The molecule has 0 bridgehead atoms. The van der Waals surface area contributed by atoms with E-state index in [0.29, 0.717) is 0 Å². The Balaban J connectivity index is 4.84. The highest BCUT2D eigenvalue weighted by Crippen LogP contribution is 2.24. The number of esters is 1. The number of halogens is 3. The summed E-state index contributed by atoms with van der Waals surface area (Å²) in [5.41, 5.74) is 0. The van der Waals surface area contributed by atoms with Gasteiger partial charge in [0, 0.05) is 0 Å². The third-order valence-corrected chi connectivity index (χ3v) is 1.49.